The number of benzene rings is 1. The van der Waals surface area contributed by atoms with Crippen LogP contribution in [0.3, 0.4) is 0 Å². The maximum absolute atomic E-state index is 13.6. The SMILES string of the molecule is O=C(C[C@@H](C1CCCCC1)C(F)(F)F)N1C(=O)OC[C@H]1Cc1ccccc1. The number of halogens is 3. The third-order valence-electron chi connectivity index (χ3n) is 5.58. The smallest absolute Gasteiger partial charge is 0.416 e. The molecule has 0 bridgehead atoms. The van der Waals surface area contributed by atoms with Gasteiger partial charge in [0.2, 0.25) is 5.91 Å². The summed E-state index contributed by atoms with van der Waals surface area (Å²) < 4.78 is 45.8. The van der Waals surface area contributed by atoms with Gasteiger partial charge in [-0.1, -0.05) is 49.6 Å². The minimum absolute atomic E-state index is 0.0135. The summed E-state index contributed by atoms with van der Waals surface area (Å²) in [7, 11) is 0. The molecule has 2 aliphatic rings. The molecular formula is C20H24F3NO3. The van der Waals surface area contributed by atoms with Gasteiger partial charge < -0.3 is 4.74 Å². The number of hydrogen-bond acceptors (Lipinski definition) is 3. The number of nitrogens with zero attached hydrogens (tertiary/aromatic N) is 1. The van der Waals surface area contributed by atoms with Crippen molar-refractivity contribution in [2.24, 2.45) is 11.8 Å². The summed E-state index contributed by atoms with van der Waals surface area (Å²) in [6.07, 6.45) is -2.19. The van der Waals surface area contributed by atoms with Gasteiger partial charge in [-0.15, -0.1) is 0 Å². The van der Waals surface area contributed by atoms with E-state index in [-0.39, 0.29) is 6.61 Å². The second kappa shape index (κ2) is 8.31. The number of alkyl halides is 3. The lowest BCUT2D eigenvalue weighted by molar-refractivity contribution is -0.196. The van der Waals surface area contributed by atoms with Crippen molar-refractivity contribution in [3.05, 3.63) is 35.9 Å². The minimum Gasteiger partial charge on any atom is -0.447 e. The highest BCUT2D eigenvalue weighted by Gasteiger charge is 2.48. The number of carbonyl (C=O) groups excluding carboxylic acids is 2. The summed E-state index contributed by atoms with van der Waals surface area (Å²) in [6.45, 7) is 0.0135. The molecule has 1 aliphatic heterocycles. The maximum Gasteiger partial charge on any atom is 0.416 e. The Morgan fingerprint density at radius 1 is 1.15 bits per heavy atom. The molecule has 27 heavy (non-hydrogen) atoms. The summed E-state index contributed by atoms with van der Waals surface area (Å²) in [4.78, 5) is 25.6. The molecule has 1 aromatic carbocycles. The lowest BCUT2D eigenvalue weighted by Gasteiger charge is -2.32. The first kappa shape index (κ1) is 19.7. The number of amides is 2. The Morgan fingerprint density at radius 3 is 2.44 bits per heavy atom. The number of hydrogen-bond donors (Lipinski definition) is 0. The first-order valence-electron chi connectivity index (χ1n) is 9.45. The van der Waals surface area contributed by atoms with Gasteiger partial charge in [-0.05, 0) is 30.7 Å². The molecule has 1 aromatic rings. The van der Waals surface area contributed by atoms with E-state index in [2.05, 4.69) is 0 Å². The number of imide groups is 1. The van der Waals surface area contributed by atoms with Crippen LogP contribution in [0.25, 0.3) is 0 Å². The van der Waals surface area contributed by atoms with E-state index in [1.54, 1.807) is 0 Å². The van der Waals surface area contributed by atoms with Crippen molar-refractivity contribution in [3.63, 3.8) is 0 Å². The van der Waals surface area contributed by atoms with E-state index < -0.39 is 42.5 Å². The standard InChI is InChI=1S/C20H24F3NO3/c21-20(22,23)17(15-9-5-2-6-10-15)12-18(25)24-16(13-27-19(24)26)11-14-7-3-1-4-8-14/h1,3-4,7-8,15-17H,2,5-6,9-13H2/t16-,17+/m1/s1. The zero-order valence-electron chi connectivity index (χ0n) is 15.1. The lowest BCUT2D eigenvalue weighted by Crippen LogP contribution is -2.43. The zero-order chi connectivity index (χ0) is 19.4. The van der Waals surface area contributed by atoms with Gasteiger partial charge in [0.1, 0.15) is 6.61 Å². The first-order chi connectivity index (χ1) is 12.9. The molecule has 2 amide bonds. The topological polar surface area (TPSA) is 46.6 Å². The quantitative estimate of drug-likeness (QED) is 0.739. The van der Waals surface area contributed by atoms with Gasteiger partial charge >= 0.3 is 12.3 Å². The summed E-state index contributed by atoms with van der Waals surface area (Å²) in [5.74, 6) is -3.03. The zero-order valence-corrected chi connectivity index (χ0v) is 15.1. The van der Waals surface area contributed by atoms with Crippen molar-refractivity contribution in [2.75, 3.05) is 6.61 Å². The molecule has 0 spiro atoms. The second-order valence-electron chi connectivity index (χ2n) is 7.43. The molecule has 1 aliphatic carbocycles. The molecule has 2 fully saturated rings. The van der Waals surface area contributed by atoms with Crippen molar-refractivity contribution in [1.82, 2.24) is 4.90 Å². The lowest BCUT2D eigenvalue weighted by atomic mass is 9.78. The summed E-state index contributed by atoms with van der Waals surface area (Å²) in [5, 5.41) is 0. The summed E-state index contributed by atoms with van der Waals surface area (Å²) in [5.41, 5.74) is 0.901. The van der Waals surface area contributed by atoms with E-state index in [4.69, 9.17) is 4.74 Å². The van der Waals surface area contributed by atoms with Crippen LogP contribution in [0.5, 0.6) is 0 Å². The van der Waals surface area contributed by atoms with Crippen LogP contribution in [0, 0.1) is 11.8 Å². The molecule has 1 saturated heterocycles. The van der Waals surface area contributed by atoms with Gasteiger partial charge in [-0.2, -0.15) is 13.2 Å². The van der Waals surface area contributed by atoms with Gasteiger partial charge in [-0.3, -0.25) is 4.79 Å². The molecule has 3 rings (SSSR count). The largest absolute Gasteiger partial charge is 0.447 e. The molecule has 0 radical (unpaired) electrons. The van der Waals surface area contributed by atoms with Crippen molar-refractivity contribution in [1.29, 1.82) is 0 Å². The second-order valence-corrected chi connectivity index (χ2v) is 7.43. The summed E-state index contributed by atoms with van der Waals surface area (Å²) in [6, 6.07) is 8.66. The van der Waals surface area contributed by atoms with Crippen LogP contribution in [0.1, 0.15) is 44.1 Å². The number of ether oxygens (including phenoxy) is 1. The normalized spacial score (nSPS) is 22.6. The predicted molar refractivity (Wildman–Crippen MR) is 92.9 cm³/mol. The van der Waals surface area contributed by atoms with E-state index in [1.807, 2.05) is 30.3 Å². The highest BCUT2D eigenvalue weighted by atomic mass is 19.4. The molecule has 1 saturated carbocycles. The fourth-order valence-electron chi connectivity index (χ4n) is 4.18. The Kier molecular flexibility index (Phi) is 6.07. The van der Waals surface area contributed by atoms with Crippen LogP contribution in [-0.4, -0.2) is 35.7 Å². The van der Waals surface area contributed by atoms with Gasteiger partial charge in [0.15, 0.2) is 0 Å². The van der Waals surface area contributed by atoms with Crippen LogP contribution >= 0.6 is 0 Å². The fourth-order valence-corrected chi connectivity index (χ4v) is 4.18. The molecule has 0 aromatic heterocycles. The number of cyclic esters (lactones) is 1. The van der Waals surface area contributed by atoms with Crippen LogP contribution < -0.4 is 0 Å². The Morgan fingerprint density at radius 2 is 1.81 bits per heavy atom. The van der Waals surface area contributed by atoms with Crippen molar-refractivity contribution in [3.8, 4) is 0 Å². The first-order valence-corrected chi connectivity index (χ1v) is 9.45. The molecule has 0 unspecified atom stereocenters. The molecule has 0 N–H and O–H groups in total. The molecule has 1 heterocycles. The highest BCUT2D eigenvalue weighted by molar-refractivity contribution is 5.93. The number of carbonyl (C=O) groups is 2. The Balaban J connectivity index is 1.72. The van der Waals surface area contributed by atoms with Crippen molar-refractivity contribution >= 4 is 12.0 Å². The van der Waals surface area contributed by atoms with E-state index in [0.717, 1.165) is 29.7 Å². The summed E-state index contributed by atoms with van der Waals surface area (Å²) >= 11 is 0. The fraction of sp³-hybridized carbons (Fsp3) is 0.600. The molecule has 148 valence electrons. The molecule has 2 atom stereocenters. The van der Waals surface area contributed by atoms with Gasteiger partial charge in [0, 0.05) is 6.42 Å². The van der Waals surface area contributed by atoms with Gasteiger partial charge in [0.05, 0.1) is 12.0 Å². The van der Waals surface area contributed by atoms with Gasteiger partial charge in [0.25, 0.3) is 0 Å². The van der Waals surface area contributed by atoms with Crippen LogP contribution in [-0.2, 0) is 16.0 Å². The van der Waals surface area contributed by atoms with E-state index in [9.17, 15) is 22.8 Å². The van der Waals surface area contributed by atoms with Crippen molar-refractivity contribution < 1.29 is 27.5 Å². The number of rotatable bonds is 5. The van der Waals surface area contributed by atoms with E-state index in [0.29, 0.717) is 19.3 Å². The van der Waals surface area contributed by atoms with E-state index >= 15 is 0 Å². The predicted octanol–water partition coefficient (Wildman–Crippen LogP) is 4.73. The Labute approximate surface area is 156 Å². The molecular weight excluding hydrogens is 359 g/mol. The molecule has 7 heteroatoms. The van der Waals surface area contributed by atoms with Crippen LogP contribution in [0.2, 0.25) is 0 Å². The van der Waals surface area contributed by atoms with Gasteiger partial charge in [-0.25, -0.2) is 9.69 Å². The third kappa shape index (κ3) is 4.82. The van der Waals surface area contributed by atoms with Crippen LogP contribution in [0.4, 0.5) is 18.0 Å². The molecule has 4 nitrogen and oxygen atoms in total. The average molecular weight is 383 g/mol. The van der Waals surface area contributed by atoms with E-state index in [1.165, 1.54) is 0 Å². The maximum atomic E-state index is 13.6. The minimum atomic E-state index is -4.45. The third-order valence-corrected chi connectivity index (χ3v) is 5.58. The van der Waals surface area contributed by atoms with Crippen LogP contribution in [0.15, 0.2) is 30.3 Å². The Bertz CT molecular complexity index is 656. The Hall–Kier alpha value is -2.05. The average Bonchev–Trinajstić information content (AvgIpc) is 3.00. The monoisotopic (exact) mass is 383 g/mol. The van der Waals surface area contributed by atoms with Crippen molar-refractivity contribution in [2.45, 2.75) is 57.2 Å². The highest BCUT2D eigenvalue weighted by Crippen LogP contribution is 2.42.